The minimum Gasteiger partial charge on any atom is -0.334 e. The van der Waals surface area contributed by atoms with Crippen LogP contribution in [0.5, 0.6) is 0 Å². The first-order chi connectivity index (χ1) is 12.5. The van der Waals surface area contributed by atoms with Gasteiger partial charge in [0.05, 0.1) is 11.2 Å². The maximum atomic E-state index is 12.6. The van der Waals surface area contributed by atoms with Gasteiger partial charge in [0.2, 0.25) is 5.91 Å². The zero-order chi connectivity index (χ0) is 18.3. The standard InChI is InChI=1S/C21H25ClN2OS/c1-21(2)8-7-15-9-14(3-5-17(15)21)12-24(20(25)11-22)16-4-6-18-19(10-16)26-13-23-18/h3,5,9,13,16H,4,6-8,10-12H2,1-2H3. The Balaban J connectivity index is 1.56. The molecule has 138 valence electrons. The fraction of sp³-hybridized carbons (Fsp3) is 0.524. The summed E-state index contributed by atoms with van der Waals surface area (Å²) in [7, 11) is 0. The number of carbonyl (C=O) groups is 1. The zero-order valence-corrected chi connectivity index (χ0v) is 17.0. The van der Waals surface area contributed by atoms with Crippen LogP contribution in [0.4, 0.5) is 0 Å². The molecule has 0 fully saturated rings. The van der Waals surface area contributed by atoms with Gasteiger partial charge in [0.25, 0.3) is 0 Å². The number of fused-ring (bicyclic) bond motifs is 2. The summed E-state index contributed by atoms with van der Waals surface area (Å²) in [4.78, 5) is 20.3. The second-order valence-corrected chi connectivity index (χ2v) is 9.36. The molecular weight excluding hydrogens is 364 g/mol. The van der Waals surface area contributed by atoms with E-state index in [9.17, 15) is 4.79 Å². The SMILES string of the molecule is CC1(C)CCc2cc(CN(C(=O)CCl)C3CCc4ncsc4C3)ccc21. The Kier molecular flexibility index (Phi) is 4.83. The average molecular weight is 389 g/mol. The Hall–Kier alpha value is -1.39. The van der Waals surface area contributed by atoms with Crippen molar-refractivity contribution in [3.05, 3.63) is 51.0 Å². The Morgan fingerprint density at radius 3 is 3.04 bits per heavy atom. The lowest BCUT2D eigenvalue weighted by atomic mass is 9.86. The molecule has 0 bridgehead atoms. The number of aromatic nitrogens is 1. The molecule has 0 N–H and O–H groups in total. The van der Waals surface area contributed by atoms with Crippen LogP contribution in [-0.4, -0.2) is 27.7 Å². The van der Waals surface area contributed by atoms with E-state index in [-0.39, 0.29) is 23.2 Å². The van der Waals surface area contributed by atoms with E-state index >= 15 is 0 Å². The van der Waals surface area contributed by atoms with Crippen molar-refractivity contribution in [3.8, 4) is 0 Å². The molecule has 0 saturated heterocycles. The second-order valence-electron chi connectivity index (χ2n) is 8.15. The Morgan fingerprint density at radius 2 is 2.23 bits per heavy atom. The van der Waals surface area contributed by atoms with Gasteiger partial charge in [0.1, 0.15) is 5.88 Å². The number of hydrogen-bond donors (Lipinski definition) is 0. The van der Waals surface area contributed by atoms with Crippen molar-refractivity contribution in [3.63, 3.8) is 0 Å². The summed E-state index contributed by atoms with van der Waals surface area (Å²) < 4.78 is 0. The molecule has 5 heteroatoms. The first-order valence-electron chi connectivity index (χ1n) is 9.37. The molecule has 0 aliphatic heterocycles. The van der Waals surface area contributed by atoms with Gasteiger partial charge in [-0.3, -0.25) is 4.79 Å². The molecule has 1 atom stereocenters. The molecule has 3 nitrogen and oxygen atoms in total. The fourth-order valence-corrected chi connectivity index (χ4v) is 5.48. The summed E-state index contributed by atoms with van der Waals surface area (Å²) in [6.07, 6.45) is 5.16. The van der Waals surface area contributed by atoms with Crippen LogP contribution in [0.3, 0.4) is 0 Å². The second kappa shape index (κ2) is 6.97. The number of carbonyl (C=O) groups excluding carboxylic acids is 1. The molecule has 26 heavy (non-hydrogen) atoms. The minimum atomic E-state index is 0.0328. The number of aryl methyl sites for hydroxylation is 2. The van der Waals surface area contributed by atoms with E-state index < -0.39 is 0 Å². The number of thiazole rings is 1. The smallest absolute Gasteiger partial charge is 0.238 e. The number of hydrogen-bond acceptors (Lipinski definition) is 3. The number of nitrogens with zero attached hydrogens (tertiary/aromatic N) is 2. The van der Waals surface area contributed by atoms with Crippen LogP contribution in [0, 0.1) is 0 Å². The lowest BCUT2D eigenvalue weighted by molar-refractivity contribution is -0.131. The molecule has 4 rings (SSSR count). The fourth-order valence-electron chi connectivity index (χ4n) is 4.44. The lowest BCUT2D eigenvalue weighted by Crippen LogP contribution is -2.43. The van der Waals surface area contributed by atoms with Gasteiger partial charge in [-0.2, -0.15) is 0 Å². The van der Waals surface area contributed by atoms with E-state index in [0.29, 0.717) is 6.54 Å². The Bertz CT molecular complexity index is 829. The lowest BCUT2D eigenvalue weighted by Gasteiger charge is -2.34. The molecule has 1 aromatic heterocycles. The van der Waals surface area contributed by atoms with Gasteiger partial charge >= 0.3 is 0 Å². The van der Waals surface area contributed by atoms with E-state index in [4.69, 9.17) is 11.6 Å². The predicted molar refractivity (Wildman–Crippen MR) is 107 cm³/mol. The third kappa shape index (κ3) is 3.29. The predicted octanol–water partition coefficient (Wildman–Crippen LogP) is 4.49. The molecule has 2 aliphatic carbocycles. The van der Waals surface area contributed by atoms with Gasteiger partial charge in [0, 0.05) is 23.9 Å². The largest absolute Gasteiger partial charge is 0.334 e. The number of alkyl halides is 1. The molecule has 1 aromatic carbocycles. The monoisotopic (exact) mass is 388 g/mol. The molecule has 0 radical (unpaired) electrons. The maximum Gasteiger partial charge on any atom is 0.238 e. The van der Waals surface area contributed by atoms with E-state index in [1.165, 1.54) is 33.7 Å². The highest BCUT2D eigenvalue weighted by molar-refractivity contribution is 7.09. The van der Waals surface area contributed by atoms with Gasteiger partial charge in [-0.1, -0.05) is 32.0 Å². The van der Waals surface area contributed by atoms with E-state index in [1.54, 1.807) is 11.3 Å². The van der Waals surface area contributed by atoms with Crippen molar-refractivity contribution < 1.29 is 4.79 Å². The normalized spacial score (nSPS) is 20.5. The van der Waals surface area contributed by atoms with Gasteiger partial charge in [0.15, 0.2) is 0 Å². The third-order valence-electron chi connectivity index (χ3n) is 6.01. The quantitative estimate of drug-likeness (QED) is 0.723. The van der Waals surface area contributed by atoms with Crippen LogP contribution in [-0.2, 0) is 36.0 Å². The summed E-state index contributed by atoms with van der Waals surface area (Å²) in [6, 6.07) is 6.99. The average Bonchev–Trinajstić information content (AvgIpc) is 3.22. The number of amides is 1. The van der Waals surface area contributed by atoms with Crippen LogP contribution in [0.2, 0.25) is 0 Å². The first kappa shape index (κ1) is 18.0. The van der Waals surface area contributed by atoms with Gasteiger partial charge in [-0.25, -0.2) is 4.98 Å². The molecular formula is C21H25ClN2OS. The Labute approximate surface area is 164 Å². The van der Waals surface area contributed by atoms with Gasteiger partial charge in [-0.15, -0.1) is 22.9 Å². The van der Waals surface area contributed by atoms with Crippen molar-refractivity contribution in [1.29, 1.82) is 0 Å². The van der Waals surface area contributed by atoms with Crippen LogP contribution in [0.25, 0.3) is 0 Å². The van der Waals surface area contributed by atoms with Crippen molar-refractivity contribution in [2.24, 2.45) is 0 Å². The van der Waals surface area contributed by atoms with E-state index in [2.05, 4.69) is 37.0 Å². The molecule has 2 aliphatic rings. The van der Waals surface area contributed by atoms with Crippen molar-refractivity contribution in [2.75, 3.05) is 5.88 Å². The van der Waals surface area contributed by atoms with E-state index in [0.717, 1.165) is 25.7 Å². The molecule has 1 heterocycles. The highest BCUT2D eigenvalue weighted by atomic mass is 35.5. The van der Waals surface area contributed by atoms with Crippen molar-refractivity contribution in [2.45, 2.75) is 64.0 Å². The third-order valence-corrected chi connectivity index (χ3v) is 7.13. The van der Waals surface area contributed by atoms with Crippen LogP contribution < -0.4 is 0 Å². The molecule has 1 unspecified atom stereocenters. The topological polar surface area (TPSA) is 33.2 Å². The number of rotatable bonds is 4. The first-order valence-corrected chi connectivity index (χ1v) is 10.8. The maximum absolute atomic E-state index is 12.6. The van der Waals surface area contributed by atoms with Gasteiger partial charge < -0.3 is 4.90 Å². The van der Waals surface area contributed by atoms with Gasteiger partial charge in [-0.05, 0) is 47.8 Å². The zero-order valence-electron chi connectivity index (χ0n) is 15.4. The Morgan fingerprint density at radius 1 is 1.38 bits per heavy atom. The summed E-state index contributed by atoms with van der Waals surface area (Å²) >= 11 is 7.65. The molecule has 2 aromatic rings. The highest BCUT2D eigenvalue weighted by Crippen LogP contribution is 2.38. The van der Waals surface area contributed by atoms with E-state index in [1.807, 2.05) is 10.4 Å². The molecule has 0 saturated carbocycles. The van der Waals surface area contributed by atoms with Crippen LogP contribution >= 0.6 is 22.9 Å². The molecule has 0 spiro atoms. The van der Waals surface area contributed by atoms with Crippen molar-refractivity contribution in [1.82, 2.24) is 9.88 Å². The summed E-state index contributed by atoms with van der Waals surface area (Å²) in [5, 5.41) is 0. The summed E-state index contributed by atoms with van der Waals surface area (Å²) in [6.45, 7) is 5.28. The minimum absolute atomic E-state index is 0.0328. The van der Waals surface area contributed by atoms with Crippen LogP contribution in [0.1, 0.15) is 54.0 Å². The number of halogens is 1. The summed E-state index contributed by atoms with van der Waals surface area (Å²) in [5.41, 5.74) is 7.52. The summed E-state index contributed by atoms with van der Waals surface area (Å²) in [5.74, 6) is 0.0785. The van der Waals surface area contributed by atoms with Crippen molar-refractivity contribution >= 4 is 28.8 Å². The number of benzene rings is 1. The molecule has 1 amide bonds. The van der Waals surface area contributed by atoms with Crippen LogP contribution in [0.15, 0.2) is 23.7 Å². The highest BCUT2D eigenvalue weighted by Gasteiger charge is 2.31.